The molecule has 1 unspecified atom stereocenters. The Morgan fingerprint density at radius 1 is 1.08 bits per heavy atom. The molecule has 4 nitrogen and oxygen atoms in total. The second kappa shape index (κ2) is 7.97. The third-order valence-corrected chi connectivity index (χ3v) is 4.14. The molecule has 6 heteroatoms. The maximum absolute atomic E-state index is 13.2. The third kappa shape index (κ3) is 4.37. The number of hydrogen-bond acceptors (Lipinski definition) is 3. The van der Waals surface area contributed by atoms with E-state index in [-0.39, 0.29) is 16.8 Å². The van der Waals surface area contributed by atoms with E-state index in [0.717, 1.165) is 11.3 Å². The standard InChI is InChI=1S/C20H17ClFN3O/c1-13(14-5-3-2-4-6-14)24-16-9-10-23-19(12-16)20(26)25-15-7-8-18(22)17(21)11-15/h2-13H,1H3,(H,23,24)(H,25,26). The van der Waals surface area contributed by atoms with Gasteiger partial charge in [-0.25, -0.2) is 4.39 Å². The first-order chi connectivity index (χ1) is 12.5. The number of rotatable bonds is 5. The molecule has 0 aliphatic carbocycles. The largest absolute Gasteiger partial charge is 0.378 e. The number of benzene rings is 2. The highest BCUT2D eigenvalue weighted by Crippen LogP contribution is 2.21. The Morgan fingerprint density at radius 3 is 2.58 bits per heavy atom. The number of carbonyl (C=O) groups excluding carboxylic acids is 1. The first kappa shape index (κ1) is 17.9. The van der Waals surface area contributed by atoms with Crippen molar-refractivity contribution in [1.82, 2.24) is 4.98 Å². The molecule has 0 spiro atoms. The molecule has 26 heavy (non-hydrogen) atoms. The highest BCUT2D eigenvalue weighted by molar-refractivity contribution is 6.31. The summed E-state index contributed by atoms with van der Waals surface area (Å²) in [7, 11) is 0. The summed E-state index contributed by atoms with van der Waals surface area (Å²) in [5.74, 6) is -0.937. The number of amides is 1. The lowest BCUT2D eigenvalue weighted by atomic mass is 10.1. The van der Waals surface area contributed by atoms with Crippen LogP contribution in [0.25, 0.3) is 0 Å². The molecular formula is C20H17ClFN3O. The Bertz CT molecular complexity index is 918. The van der Waals surface area contributed by atoms with Crippen LogP contribution in [0.15, 0.2) is 66.9 Å². The molecule has 1 amide bonds. The lowest BCUT2D eigenvalue weighted by molar-refractivity contribution is 0.102. The minimum absolute atomic E-state index is 0.0529. The molecule has 0 aliphatic heterocycles. The average molecular weight is 370 g/mol. The van der Waals surface area contributed by atoms with Crippen molar-refractivity contribution >= 4 is 28.9 Å². The van der Waals surface area contributed by atoms with Crippen LogP contribution in [0, 0.1) is 5.82 Å². The minimum atomic E-state index is -0.538. The molecule has 0 radical (unpaired) electrons. The Labute approximate surface area is 156 Å². The summed E-state index contributed by atoms with van der Waals surface area (Å²) in [5.41, 5.74) is 2.56. The normalized spacial score (nSPS) is 11.7. The first-order valence-corrected chi connectivity index (χ1v) is 8.44. The molecule has 1 aromatic heterocycles. The van der Waals surface area contributed by atoms with Crippen LogP contribution in [0.2, 0.25) is 5.02 Å². The van der Waals surface area contributed by atoms with Crippen molar-refractivity contribution in [2.75, 3.05) is 10.6 Å². The number of nitrogens with one attached hydrogen (secondary N) is 2. The SMILES string of the molecule is CC(Nc1ccnc(C(=O)Nc2ccc(F)c(Cl)c2)c1)c1ccccc1. The van der Waals surface area contributed by atoms with Crippen molar-refractivity contribution in [2.24, 2.45) is 0 Å². The molecule has 2 aromatic carbocycles. The van der Waals surface area contributed by atoms with Crippen molar-refractivity contribution in [3.63, 3.8) is 0 Å². The maximum Gasteiger partial charge on any atom is 0.274 e. The van der Waals surface area contributed by atoms with Crippen LogP contribution in [-0.2, 0) is 0 Å². The van der Waals surface area contributed by atoms with Gasteiger partial charge in [-0.15, -0.1) is 0 Å². The van der Waals surface area contributed by atoms with Gasteiger partial charge in [0.1, 0.15) is 11.5 Å². The second-order valence-corrected chi connectivity index (χ2v) is 6.20. The van der Waals surface area contributed by atoms with Gasteiger partial charge in [-0.3, -0.25) is 9.78 Å². The van der Waals surface area contributed by atoms with Crippen molar-refractivity contribution < 1.29 is 9.18 Å². The molecule has 1 heterocycles. The zero-order chi connectivity index (χ0) is 18.5. The van der Waals surface area contributed by atoms with Crippen LogP contribution in [0.3, 0.4) is 0 Å². The highest BCUT2D eigenvalue weighted by atomic mass is 35.5. The number of halogens is 2. The van der Waals surface area contributed by atoms with Crippen LogP contribution in [-0.4, -0.2) is 10.9 Å². The molecule has 3 rings (SSSR count). The topological polar surface area (TPSA) is 54.0 Å². The molecular weight excluding hydrogens is 353 g/mol. The Kier molecular flexibility index (Phi) is 5.49. The Hall–Kier alpha value is -2.92. The van der Waals surface area contributed by atoms with E-state index >= 15 is 0 Å². The number of hydrogen-bond donors (Lipinski definition) is 2. The fourth-order valence-electron chi connectivity index (χ4n) is 2.49. The van der Waals surface area contributed by atoms with E-state index in [1.165, 1.54) is 18.2 Å². The third-order valence-electron chi connectivity index (χ3n) is 3.85. The summed E-state index contributed by atoms with van der Waals surface area (Å²) in [6.07, 6.45) is 1.56. The average Bonchev–Trinajstić information content (AvgIpc) is 2.65. The van der Waals surface area contributed by atoms with E-state index in [1.54, 1.807) is 18.3 Å². The predicted octanol–water partition coefficient (Wildman–Crippen LogP) is 5.30. The molecule has 0 saturated carbocycles. The van der Waals surface area contributed by atoms with Crippen LogP contribution in [0.1, 0.15) is 29.0 Å². The van der Waals surface area contributed by atoms with Gasteiger partial charge in [0.15, 0.2) is 0 Å². The van der Waals surface area contributed by atoms with Gasteiger partial charge in [-0.1, -0.05) is 41.9 Å². The minimum Gasteiger partial charge on any atom is -0.378 e. The van der Waals surface area contributed by atoms with Crippen LogP contribution in [0.5, 0.6) is 0 Å². The molecule has 1 atom stereocenters. The van der Waals surface area contributed by atoms with Gasteiger partial charge < -0.3 is 10.6 Å². The summed E-state index contributed by atoms with van der Waals surface area (Å²) in [6.45, 7) is 2.04. The summed E-state index contributed by atoms with van der Waals surface area (Å²) >= 11 is 5.73. The first-order valence-electron chi connectivity index (χ1n) is 8.07. The van der Waals surface area contributed by atoms with E-state index in [9.17, 15) is 9.18 Å². The summed E-state index contributed by atoms with van der Waals surface area (Å²) in [5, 5.41) is 5.95. The Balaban J connectivity index is 1.72. The lowest BCUT2D eigenvalue weighted by Gasteiger charge is -2.16. The zero-order valence-corrected chi connectivity index (χ0v) is 14.8. The molecule has 0 aliphatic rings. The van der Waals surface area contributed by atoms with Crippen LogP contribution in [0.4, 0.5) is 15.8 Å². The summed E-state index contributed by atoms with van der Waals surface area (Å²) < 4.78 is 13.2. The van der Waals surface area contributed by atoms with Gasteiger partial charge >= 0.3 is 0 Å². The van der Waals surface area contributed by atoms with Gasteiger partial charge in [0, 0.05) is 23.6 Å². The van der Waals surface area contributed by atoms with Gasteiger partial charge in [0.05, 0.1) is 5.02 Å². The van der Waals surface area contributed by atoms with Crippen LogP contribution < -0.4 is 10.6 Å². The molecule has 2 N–H and O–H groups in total. The fraction of sp³-hybridized carbons (Fsp3) is 0.100. The fourth-order valence-corrected chi connectivity index (χ4v) is 2.67. The van der Waals surface area contributed by atoms with Crippen molar-refractivity contribution in [2.45, 2.75) is 13.0 Å². The monoisotopic (exact) mass is 369 g/mol. The molecule has 0 bridgehead atoms. The number of carbonyl (C=O) groups is 1. The van der Waals surface area contributed by atoms with E-state index in [0.29, 0.717) is 5.69 Å². The highest BCUT2D eigenvalue weighted by Gasteiger charge is 2.11. The second-order valence-electron chi connectivity index (χ2n) is 5.79. The van der Waals surface area contributed by atoms with Gasteiger partial charge in [0.2, 0.25) is 0 Å². The van der Waals surface area contributed by atoms with Gasteiger partial charge in [0.25, 0.3) is 5.91 Å². The quantitative estimate of drug-likeness (QED) is 0.641. The lowest BCUT2D eigenvalue weighted by Crippen LogP contribution is -2.14. The summed E-state index contributed by atoms with van der Waals surface area (Å²) in [4.78, 5) is 16.5. The van der Waals surface area contributed by atoms with Crippen molar-refractivity contribution in [1.29, 1.82) is 0 Å². The van der Waals surface area contributed by atoms with E-state index in [4.69, 9.17) is 11.6 Å². The maximum atomic E-state index is 13.2. The smallest absolute Gasteiger partial charge is 0.274 e. The van der Waals surface area contributed by atoms with Crippen LogP contribution >= 0.6 is 11.6 Å². The van der Waals surface area contributed by atoms with E-state index in [2.05, 4.69) is 15.6 Å². The van der Waals surface area contributed by atoms with E-state index in [1.807, 2.05) is 37.3 Å². The van der Waals surface area contributed by atoms with E-state index < -0.39 is 11.7 Å². The molecule has 0 fully saturated rings. The zero-order valence-electron chi connectivity index (χ0n) is 14.0. The number of pyridine rings is 1. The summed E-state index contributed by atoms with van der Waals surface area (Å²) in [6, 6.07) is 17.5. The predicted molar refractivity (Wildman–Crippen MR) is 102 cm³/mol. The number of aromatic nitrogens is 1. The molecule has 0 saturated heterocycles. The van der Waals surface area contributed by atoms with Crippen molar-refractivity contribution in [3.05, 3.63) is 89.0 Å². The molecule has 3 aromatic rings. The number of nitrogens with zero attached hydrogens (tertiary/aromatic N) is 1. The molecule has 132 valence electrons. The number of anilines is 2. The van der Waals surface area contributed by atoms with Gasteiger partial charge in [-0.05, 0) is 42.8 Å². The van der Waals surface area contributed by atoms with Gasteiger partial charge in [-0.2, -0.15) is 0 Å². The van der Waals surface area contributed by atoms with Crippen molar-refractivity contribution in [3.8, 4) is 0 Å². The Morgan fingerprint density at radius 2 is 1.85 bits per heavy atom.